The molecule has 0 unspecified atom stereocenters. The van der Waals surface area contributed by atoms with Crippen molar-refractivity contribution < 1.29 is 22.7 Å². The molecule has 0 bridgehead atoms. The van der Waals surface area contributed by atoms with Gasteiger partial charge in [0.25, 0.3) is 5.91 Å². The topological polar surface area (TPSA) is 56.1 Å². The number of para-hydroxylation sites is 2. The molecule has 0 atom stereocenters. The van der Waals surface area contributed by atoms with Gasteiger partial charge in [-0.05, 0) is 40.2 Å². The first-order valence-corrected chi connectivity index (χ1v) is 9.02. The third kappa shape index (κ3) is 4.66. The Hall–Kier alpha value is -2.52. The maximum absolute atomic E-state index is 13.1. The van der Waals surface area contributed by atoms with E-state index < -0.39 is 24.4 Å². The summed E-state index contributed by atoms with van der Waals surface area (Å²) in [5.41, 5.74) is -0.457. The summed E-state index contributed by atoms with van der Waals surface area (Å²) in [5, 5.41) is 6.31. The van der Waals surface area contributed by atoms with Crippen molar-refractivity contribution >= 4 is 39.1 Å². The fraction of sp³-hybridized carbons (Fsp3) is 0.111. The molecule has 1 heterocycles. The second kappa shape index (κ2) is 8.24. The minimum Gasteiger partial charge on any atom is -0.467 e. The largest absolute Gasteiger partial charge is 0.467 e. The van der Waals surface area contributed by atoms with Gasteiger partial charge in [0.15, 0.2) is 12.3 Å². The van der Waals surface area contributed by atoms with Gasteiger partial charge in [0.1, 0.15) is 0 Å². The molecule has 1 N–H and O–H groups in total. The summed E-state index contributed by atoms with van der Waals surface area (Å²) in [5.74, 6) is -0.810. The Morgan fingerprint density at radius 2 is 1.86 bits per heavy atom. The Morgan fingerprint density at radius 3 is 2.54 bits per heavy atom. The van der Waals surface area contributed by atoms with Crippen LogP contribution in [0.25, 0.3) is 5.69 Å². The summed E-state index contributed by atoms with van der Waals surface area (Å²) in [4.78, 5) is 12.1. The SMILES string of the molecule is O=C(COc1cc(C(F)(F)F)nn1-c1ccccc1Cl)Nc1ccccc1Br. The Balaban J connectivity index is 1.83. The van der Waals surface area contributed by atoms with E-state index in [0.717, 1.165) is 10.7 Å². The van der Waals surface area contributed by atoms with Gasteiger partial charge in [-0.3, -0.25) is 4.79 Å². The molecule has 10 heteroatoms. The molecule has 0 saturated heterocycles. The van der Waals surface area contributed by atoms with Crippen LogP contribution in [-0.4, -0.2) is 22.3 Å². The molecule has 0 saturated carbocycles. The van der Waals surface area contributed by atoms with Crippen LogP contribution in [0, 0.1) is 0 Å². The summed E-state index contributed by atoms with van der Waals surface area (Å²) in [7, 11) is 0. The molecule has 0 aliphatic carbocycles. The number of nitrogens with one attached hydrogen (secondary N) is 1. The molecule has 5 nitrogen and oxygen atoms in total. The van der Waals surface area contributed by atoms with Crippen molar-refractivity contribution in [1.82, 2.24) is 9.78 Å². The van der Waals surface area contributed by atoms with E-state index in [-0.39, 0.29) is 16.6 Å². The zero-order valence-corrected chi connectivity index (χ0v) is 16.3. The number of ether oxygens (including phenoxy) is 1. The second-order valence-corrected chi connectivity index (χ2v) is 6.81. The van der Waals surface area contributed by atoms with Crippen LogP contribution in [0.15, 0.2) is 59.1 Å². The number of carbonyl (C=O) groups excluding carboxylic acids is 1. The van der Waals surface area contributed by atoms with Crippen molar-refractivity contribution in [3.05, 3.63) is 69.8 Å². The number of alkyl halides is 3. The number of carbonyl (C=O) groups is 1. The van der Waals surface area contributed by atoms with Gasteiger partial charge in [0.05, 0.1) is 16.4 Å². The van der Waals surface area contributed by atoms with E-state index in [1.807, 2.05) is 0 Å². The van der Waals surface area contributed by atoms with Crippen molar-refractivity contribution in [1.29, 1.82) is 0 Å². The zero-order chi connectivity index (χ0) is 20.3. The molecule has 0 radical (unpaired) electrons. The maximum atomic E-state index is 13.1. The van der Waals surface area contributed by atoms with Crippen molar-refractivity contribution in [2.75, 3.05) is 11.9 Å². The van der Waals surface area contributed by atoms with Gasteiger partial charge in [0.2, 0.25) is 5.88 Å². The average Bonchev–Trinajstić information content (AvgIpc) is 3.07. The number of nitrogens with zero attached hydrogens (tertiary/aromatic N) is 2. The molecule has 0 fully saturated rings. The average molecular weight is 475 g/mol. The fourth-order valence-electron chi connectivity index (χ4n) is 2.29. The maximum Gasteiger partial charge on any atom is 0.435 e. The van der Waals surface area contributed by atoms with Crippen molar-refractivity contribution in [3.63, 3.8) is 0 Å². The summed E-state index contributed by atoms with van der Waals surface area (Å²) >= 11 is 9.35. The number of anilines is 1. The van der Waals surface area contributed by atoms with Gasteiger partial charge < -0.3 is 10.1 Å². The van der Waals surface area contributed by atoms with E-state index in [1.165, 1.54) is 12.1 Å². The lowest BCUT2D eigenvalue weighted by Crippen LogP contribution is -2.21. The van der Waals surface area contributed by atoms with Crippen LogP contribution < -0.4 is 10.1 Å². The molecule has 2 aromatic carbocycles. The number of aromatic nitrogens is 2. The monoisotopic (exact) mass is 473 g/mol. The molecule has 1 amide bonds. The molecular formula is C18H12BrClF3N3O2. The summed E-state index contributed by atoms with van der Waals surface area (Å²) in [6.07, 6.45) is -4.68. The molecule has 28 heavy (non-hydrogen) atoms. The lowest BCUT2D eigenvalue weighted by Gasteiger charge is -2.11. The zero-order valence-electron chi connectivity index (χ0n) is 14.0. The molecule has 0 aliphatic rings. The van der Waals surface area contributed by atoms with Gasteiger partial charge in [0, 0.05) is 10.5 Å². The Kier molecular flexibility index (Phi) is 5.95. The van der Waals surface area contributed by atoms with Crippen molar-refractivity contribution in [2.45, 2.75) is 6.18 Å². The summed E-state index contributed by atoms with van der Waals surface area (Å²) < 4.78 is 46.1. The van der Waals surface area contributed by atoms with Crippen molar-refractivity contribution in [3.8, 4) is 11.6 Å². The molecule has 146 valence electrons. The van der Waals surface area contributed by atoms with Crippen molar-refractivity contribution in [2.24, 2.45) is 0 Å². The Labute approximate surface area is 171 Å². The van der Waals surface area contributed by atoms with Crippen LogP contribution in [0.4, 0.5) is 18.9 Å². The smallest absolute Gasteiger partial charge is 0.435 e. The predicted molar refractivity (Wildman–Crippen MR) is 102 cm³/mol. The number of hydrogen-bond donors (Lipinski definition) is 1. The molecule has 0 spiro atoms. The predicted octanol–water partition coefficient (Wildman–Crippen LogP) is 5.32. The molecule has 0 aliphatic heterocycles. The number of amides is 1. The number of hydrogen-bond acceptors (Lipinski definition) is 3. The normalized spacial score (nSPS) is 11.3. The van der Waals surface area contributed by atoms with Gasteiger partial charge in [-0.2, -0.15) is 23.0 Å². The van der Waals surface area contributed by atoms with Gasteiger partial charge in [-0.1, -0.05) is 35.9 Å². The minimum atomic E-state index is -4.68. The van der Waals surface area contributed by atoms with Crippen LogP contribution in [0.1, 0.15) is 5.69 Å². The van der Waals surface area contributed by atoms with Crippen LogP contribution in [0.5, 0.6) is 5.88 Å². The quantitative estimate of drug-likeness (QED) is 0.544. The third-order valence-corrected chi connectivity index (χ3v) is 4.56. The van der Waals surface area contributed by atoms with Crippen LogP contribution in [-0.2, 0) is 11.0 Å². The highest BCUT2D eigenvalue weighted by atomic mass is 79.9. The van der Waals surface area contributed by atoms with E-state index in [2.05, 4.69) is 26.3 Å². The summed E-state index contributed by atoms with van der Waals surface area (Å²) in [6.45, 7) is -0.519. The lowest BCUT2D eigenvalue weighted by molar-refractivity contribution is -0.141. The standard InChI is InChI=1S/C18H12BrClF3N3O2/c19-11-5-1-3-7-13(11)24-16(27)10-28-17-9-15(18(21,22)23)25-26(17)14-8-4-2-6-12(14)20/h1-9H,10H2,(H,24,27). The van der Waals surface area contributed by atoms with Crippen LogP contribution in [0.3, 0.4) is 0 Å². The van der Waals surface area contributed by atoms with E-state index in [0.29, 0.717) is 10.2 Å². The first-order chi connectivity index (χ1) is 13.3. The number of halogens is 5. The first kappa shape index (κ1) is 20.2. The molecule has 3 rings (SSSR count). The van der Waals surface area contributed by atoms with E-state index in [4.69, 9.17) is 16.3 Å². The van der Waals surface area contributed by atoms with Gasteiger partial charge in [-0.15, -0.1) is 0 Å². The van der Waals surface area contributed by atoms with Crippen LogP contribution in [0.2, 0.25) is 5.02 Å². The second-order valence-electron chi connectivity index (χ2n) is 5.55. The highest BCUT2D eigenvalue weighted by molar-refractivity contribution is 9.10. The van der Waals surface area contributed by atoms with E-state index in [9.17, 15) is 18.0 Å². The third-order valence-electron chi connectivity index (χ3n) is 3.55. The molecule has 1 aromatic heterocycles. The molecule has 3 aromatic rings. The van der Waals surface area contributed by atoms with E-state index >= 15 is 0 Å². The number of benzene rings is 2. The molecular weight excluding hydrogens is 463 g/mol. The Bertz CT molecular complexity index is 1010. The highest BCUT2D eigenvalue weighted by Gasteiger charge is 2.36. The van der Waals surface area contributed by atoms with Gasteiger partial charge in [-0.25, -0.2) is 0 Å². The number of rotatable bonds is 5. The van der Waals surface area contributed by atoms with E-state index in [1.54, 1.807) is 36.4 Å². The highest BCUT2D eigenvalue weighted by Crippen LogP contribution is 2.33. The van der Waals surface area contributed by atoms with Gasteiger partial charge >= 0.3 is 6.18 Å². The fourth-order valence-corrected chi connectivity index (χ4v) is 2.89. The van der Waals surface area contributed by atoms with Crippen LogP contribution >= 0.6 is 27.5 Å². The summed E-state index contributed by atoms with van der Waals surface area (Å²) in [6, 6.07) is 13.8. The lowest BCUT2D eigenvalue weighted by atomic mass is 10.3. The first-order valence-electron chi connectivity index (χ1n) is 7.85. The Morgan fingerprint density at radius 1 is 1.18 bits per heavy atom. The minimum absolute atomic E-state index is 0.182.